The number of benzene rings is 1. The van der Waals surface area contributed by atoms with Crippen LogP contribution in [0.3, 0.4) is 0 Å². The Morgan fingerprint density at radius 1 is 1.00 bits per heavy atom. The van der Waals surface area contributed by atoms with Crippen molar-refractivity contribution < 1.29 is 0 Å². The number of guanidine groups is 1. The number of hydrogen-bond donors (Lipinski definition) is 2. The van der Waals surface area contributed by atoms with Crippen LogP contribution in [0.4, 0.5) is 0 Å². The summed E-state index contributed by atoms with van der Waals surface area (Å²) in [4.78, 5) is 9.02. The molecule has 21 heavy (non-hydrogen) atoms. The highest BCUT2D eigenvalue weighted by Gasteiger charge is 2.15. The molecule has 2 rings (SSSR count). The van der Waals surface area contributed by atoms with Crippen molar-refractivity contribution in [2.75, 3.05) is 32.7 Å². The fourth-order valence-corrected chi connectivity index (χ4v) is 2.45. The maximum absolute atomic E-state index is 5.33. The molecule has 1 aromatic carbocycles. The molecule has 1 heterocycles. The minimum atomic E-state index is 0. The summed E-state index contributed by atoms with van der Waals surface area (Å²) in [6.45, 7) is 9.64. The number of aliphatic imine (C=N–C) groups is 1. The van der Waals surface area contributed by atoms with E-state index in [1.807, 2.05) is 0 Å². The molecule has 1 saturated heterocycles. The normalized spacial score (nSPS) is 16.2. The second-order valence-corrected chi connectivity index (χ2v) is 5.27. The SMILES string of the molecule is CCN1CCN(Cc2ccc(CN=C(N)N)cc2)CC1.I. The van der Waals surface area contributed by atoms with Crippen LogP contribution >= 0.6 is 24.0 Å². The molecule has 0 radical (unpaired) electrons. The average Bonchev–Trinajstić information content (AvgIpc) is 2.47. The van der Waals surface area contributed by atoms with Gasteiger partial charge in [0.1, 0.15) is 0 Å². The zero-order valence-corrected chi connectivity index (χ0v) is 15.0. The quantitative estimate of drug-likeness (QED) is 0.441. The van der Waals surface area contributed by atoms with E-state index in [-0.39, 0.29) is 29.9 Å². The van der Waals surface area contributed by atoms with Crippen LogP contribution in [0.1, 0.15) is 18.1 Å². The fourth-order valence-electron chi connectivity index (χ4n) is 2.45. The summed E-state index contributed by atoms with van der Waals surface area (Å²) in [7, 11) is 0. The summed E-state index contributed by atoms with van der Waals surface area (Å²) >= 11 is 0. The van der Waals surface area contributed by atoms with Gasteiger partial charge in [-0.15, -0.1) is 24.0 Å². The van der Waals surface area contributed by atoms with Crippen molar-refractivity contribution in [3.8, 4) is 0 Å². The Bertz CT molecular complexity index is 434. The van der Waals surface area contributed by atoms with Crippen LogP contribution in [0.5, 0.6) is 0 Å². The van der Waals surface area contributed by atoms with E-state index < -0.39 is 0 Å². The number of rotatable bonds is 5. The lowest BCUT2D eigenvalue weighted by Crippen LogP contribution is -2.45. The van der Waals surface area contributed by atoms with Crippen LogP contribution in [0.2, 0.25) is 0 Å². The van der Waals surface area contributed by atoms with Gasteiger partial charge in [-0.05, 0) is 17.7 Å². The van der Waals surface area contributed by atoms with Gasteiger partial charge in [-0.1, -0.05) is 31.2 Å². The highest BCUT2D eigenvalue weighted by Crippen LogP contribution is 2.10. The Labute approximate surface area is 144 Å². The number of nitrogens with two attached hydrogens (primary N) is 2. The Balaban J connectivity index is 0.00000220. The van der Waals surface area contributed by atoms with Crippen molar-refractivity contribution in [3.05, 3.63) is 35.4 Å². The lowest BCUT2D eigenvalue weighted by atomic mass is 10.1. The van der Waals surface area contributed by atoms with Gasteiger partial charge < -0.3 is 16.4 Å². The van der Waals surface area contributed by atoms with Crippen LogP contribution in [-0.4, -0.2) is 48.5 Å². The van der Waals surface area contributed by atoms with E-state index in [9.17, 15) is 0 Å². The van der Waals surface area contributed by atoms with Crippen molar-refractivity contribution in [3.63, 3.8) is 0 Å². The first kappa shape index (κ1) is 18.2. The first-order chi connectivity index (χ1) is 9.67. The predicted octanol–water partition coefficient (Wildman–Crippen LogP) is 1.22. The van der Waals surface area contributed by atoms with E-state index in [4.69, 9.17) is 11.5 Å². The molecule has 0 atom stereocenters. The van der Waals surface area contributed by atoms with E-state index in [0.717, 1.165) is 31.7 Å². The molecule has 0 unspecified atom stereocenters. The van der Waals surface area contributed by atoms with Gasteiger partial charge in [0.05, 0.1) is 6.54 Å². The number of hydrogen-bond acceptors (Lipinski definition) is 3. The third-order valence-electron chi connectivity index (χ3n) is 3.79. The van der Waals surface area contributed by atoms with E-state index >= 15 is 0 Å². The highest BCUT2D eigenvalue weighted by atomic mass is 127. The maximum atomic E-state index is 5.33. The molecule has 0 amide bonds. The third kappa shape index (κ3) is 6.19. The Morgan fingerprint density at radius 2 is 1.52 bits per heavy atom. The van der Waals surface area contributed by atoms with E-state index in [2.05, 4.69) is 46.0 Å². The molecule has 6 heteroatoms. The fraction of sp³-hybridized carbons (Fsp3) is 0.533. The van der Waals surface area contributed by atoms with Crippen molar-refractivity contribution in [1.29, 1.82) is 0 Å². The summed E-state index contributed by atoms with van der Waals surface area (Å²) in [6.07, 6.45) is 0. The van der Waals surface area contributed by atoms with Crippen molar-refractivity contribution in [2.24, 2.45) is 16.5 Å². The molecule has 1 aliphatic heterocycles. The Hall–Kier alpha value is -0.860. The smallest absolute Gasteiger partial charge is 0.186 e. The van der Waals surface area contributed by atoms with Gasteiger partial charge in [-0.3, -0.25) is 4.90 Å². The van der Waals surface area contributed by atoms with Crippen LogP contribution in [-0.2, 0) is 13.1 Å². The second-order valence-electron chi connectivity index (χ2n) is 5.27. The first-order valence-electron chi connectivity index (χ1n) is 7.25. The van der Waals surface area contributed by atoms with Gasteiger partial charge in [0.25, 0.3) is 0 Å². The Kier molecular flexibility index (Phi) is 7.98. The molecule has 5 nitrogen and oxygen atoms in total. The molecule has 1 aliphatic rings. The molecule has 0 aliphatic carbocycles. The van der Waals surface area contributed by atoms with Crippen molar-refractivity contribution in [2.45, 2.75) is 20.0 Å². The van der Waals surface area contributed by atoms with Gasteiger partial charge in [0.2, 0.25) is 0 Å². The number of nitrogens with zero attached hydrogens (tertiary/aromatic N) is 3. The molecule has 1 aromatic rings. The standard InChI is InChI=1S/C15H25N5.HI/c1-2-19-7-9-20(10-8-19)12-14-5-3-13(4-6-14)11-18-15(16)17;/h3-6H,2,7-12H2,1H3,(H4,16,17,18);1H. The number of piperazine rings is 1. The van der Waals surface area contributed by atoms with Crippen LogP contribution < -0.4 is 11.5 Å². The average molecular weight is 403 g/mol. The van der Waals surface area contributed by atoms with Crippen molar-refractivity contribution in [1.82, 2.24) is 9.80 Å². The topological polar surface area (TPSA) is 70.9 Å². The lowest BCUT2D eigenvalue weighted by molar-refractivity contribution is 0.132. The molecule has 4 N–H and O–H groups in total. The summed E-state index contributed by atoms with van der Waals surface area (Å²) < 4.78 is 0. The lowest BCUT2D eigenvalue weighted by Gasteiger charge is -2.34. The summed E-state index contributed by atoms with van der Waals surface area (Å²) in [5.41, 5.74) is 13.2. The summed E-state index contributed by atoms with van der Waals surface area (Å²) in [5, 5.41) is 0. The number of likely N-dealkylation sites (N-methyl/N-ethyl adjacent to an activating group) is 1. The van der Waals surface area contributed by atoms with Crippen LogP contribution in [0.15, 0.2) is 29.3 Å². The van der Waals surface area contributed by atoms with Crippen molar-refractivity contribution >= 4 is 29.9 Å². The molecule has 1 fully saturated rings. The zero-order chi connectivity index (χ0) is 14.4. The first-order valence-corrected chi connectivity index (χ1v) is 7.25. The minimum absolute atomic E-state index is 0. The van der Waals surface area contributed by atoms with Gasteiger partial charge >= 0.3 is 0 Å². The van der Waals surface area contributed by atoms with Gasteiger partial charge in [0.15, 0.2) is 5.96 Å². The molecule has 0 saturated carbocycles. The van der Waals surface area contributed by atoms with E-state index in [0.29, 0.717) is 6.54 Å². The molecular formula is C15H26IN5. The van der Waals surface area contributed by atoms with Gasteiger partial charge in [-0.2, -0.15) is 0 Å². The molecule has 0 spiro atoms. The summed E-state index contributed by atoms with van der Waals surface area (Å²) in [5.74, 6) is 0.142. The number of halogens is 1. The predicted molar refractivity (Wildman–Crippen MR) is 98.8 cm³/mol. The molecule has 0 aromatic heterocycles. The molecular weight excluding hydrogens is 377 g/mol. The largest absolute Gasteiger partial charge is 0.370 e. The van der Waals surface area contributed by atoms with E-state index in [1.165, 1.54) is 18.7 Å². The van der Waals surface area contributed by atoms with Crippen LogP contribution in [0.25, 0.3) is 0 Å². The zero-order valence-electron chi connectivity index (χ0n) is 12.7. The maximum Gasteiger partial charge on any atom is 0.186 e. The highest BCUT2D eigenvalue weighted by molar-refractivity contribution is 14.0. The second kappa shape index (κ2) is 9.22. The molecule has 118 valence electrons. The Morgan fingerprint density at radius 3 is 2.05 bits per heavy atom. The molecule has 0 bridgehead atoms. The summed E-state index contributed by atoms with van der Waals surface area (Å²) in [6, 6.07) is 8.54. The van der Waals surface area contributed by atoms with E-state index in [1.54, 1.807) is 0 Å². The monoisotopic (exact) mass is 403 g/mol. The third-order valence-corrected chi connectivity index (χ3v) is 3.79. The minimum Gasteiger partial charge on any atom is -0.370 e. The van der Waals surface area contributed by atoms with Crippen LogP contribution in [0, 0.1) is 0 Å². The van der Waals surface area contributed by atoms with Gasteiger partial charge in [0, 0.05) is 32.7 Å². The van der Waals surface area contributed by atoms with Gasteiger partial charge in [-0.25, -0.2) is 4.99 Å².